The highest BCUT2D eigenvalue weighted by molar-refractivity contribution is 6.33. The van der Waals surface area contributed by atoms with E-state index in [0.717, 1.165) is 12.0 Å². The first-order valence-corrected chi connectivity index (χ1v) is 9.51. The zero-order valence-corrected chi connectivity index (χ0v) is 15.5. The van der Waals surface area contributed by atoms with Gasteiger partial charge in [-0.15, -0.1) is 0 Å². The van der Waals surface area contributed by atoms with Crippen LogP contribution >= 0.6 is 11.6 Å². The molecule has 0 radical (unpaired) electrons. The van der Waals surface area contributed by atoms with Crippen LogP contribution in [-0.4, -0.2) is 11.8 Å². The van der Waals surface area contributed by atoms with Gasteiger partial charge < -0.3 is 4.74 Å². The molecule has 2 aromatic carbocycles. The molecule has 2 bridgehead atoms. The molecule has 4 nitrogen and oxygen atoms in total. The van der Waals surface area contributed by atoms with Crippen molar-refractivity contribution >= 4 is 29.1 Å². The lowest BCUT2D eigenvalue weighted by atomic mass is 9.85. The van der Waals surface area contributed by atoms with Crippen molar-refractivity contribution in [3.05, 3.63) is 65.2 Å². The fourth-order valence-corrected chi connectivity index (χ4v) is 4.82. The van der Waals surface area contributed by atoms with Crippen molar-refractivity contribution in [3.8, 4) is 11.5 Å². The average molecular weight is 380 g/mol. The second-order valence-electron chi connectivity index (χ2n) is 7.54. The zero-order chi connectivity index (χ0) is 18.7. The molecule has 5 rings (SSSR count). The molecule has 2 amide bonds. The average Bonchev–Trinajstić information content (AvgIpc) is 3.33. The molecular formula is C22H18ClNO3. The highest BCUT2D eigenvalue weighted by Crippen LogP contribution is 2.53. The Kier molecular flexibility index (Phi) is 3.66. The van der Waals surface area contributed by atoms with Gasteiger partial charge in [-0.05, 0) is 55.5 Å². The summed E-state index contributed by atoms with van der Waals surface area (Å²) >= 11 is 6.39. The number of hydrogen-bond acceptors (Lipinski definition) is 3. The van der Waals surface area contributed by atoms with Crippen LogP contribution in [0.4, 0.5) is 5.69 Å². The molecule has 3 aliphatic rings. The Morgan fingerprint density at radius 1 is 0.963 bits per heavy atom. The first kappa shape index (κ1) is 16.6. The number of rotatable bonds is 3. The second kappa shape index (κ2) is 5.96. The quantitative estimate of drug-likeness (QED) is 0.571. The largest absolute Gasteiger partial charge is 0.456 e. The predicted octanol–water partition coefficient (Wildman–Crippen LogP) is 4.75. The van der Waals surface area contributed by atoms with Crippen molar-refractivity contribution in [1.29, 1.82) is 0 Å². The number of imide groups is 1. The molecule has 0 aromatic heterocycles. The Morgan fingerprint density at radius 3 is 2.19 bits per heavy atom. The molecule has 2 aliphatic carbocycles. The SMILES string of the molecule is Cc1ccc(Oc2ccc(N3C(=O)[C@H]4[C@H](C3=O)[C@H]3C=C[C@H]4C3)cc2Cl)cc1. The van der Waals surface area contributed by atoms with E-state index in [2.05, 4.69) is 12.2 Å². The highest BCUT2D eigenvalue weighted by Gasteiger charge is 2.59. The van der Waals surface area contributed by atoms with Gasteiger partial charge in [0.05, 0.1) is 22.5 Å². The minimum Gasteiger partial charge on any atom is -0.456 e. The number of ether oxygens (including phenoxy) is 1. The summed E-state index contributed by atoms with van der Waals surface area (Å²) in [5.74, 6) is 0.924. The first-order valence-electron chi connectivity index (χ1n) is 9.13. The molecule has 2 aromatic rings. The number of benzene rings is 2. The molecule has 2 fully saturated rings. The maximum atomic E-state index is 12.9. The van der Waals surface area contributed by atoms with Crippen LogP contribution in [0.2, 0.25) is 5.02 Å². The van der Waals surface area contributed by atoms with E-state index < -0.39 is 0 Å². The molecule has 0 spiro atoms. The number of hydrogen-bond donors (Lipinski definition) is 0. The lowest BCUT2D eigenvalue weighted by molar-refractivity contribution is -0.123. The van der Waals surface area contributed by atoms with Crippen LogP contribution < -0.4 is 9.64 Å². The molecule has 0 N–H and O–H groups in total. The van der Waals surface area contributed by atoms with Crippen molar-refractivity contribution in [2.24, 2.45) is 23.7 Å². The molecule has 1 heterocycles. The number of anilines is 1. The van der Waals surface area contributed by atoms with Crippen LogP contribution in [0, 0.1) is 30.6 Å². The Morgan fingerprint density at radius 2 is 1.59 bits per heavy atom. The number of carbonyl (C=O) groups excluding carboxylic acids is 2. The monoisotopic (exact) mass is 379 g/mol. The first-order chi connectivity index (χ1) is 13.0. The molecule has 27 heavy (non-hydrogen) atoms. The minimum absolute atomic E-state index is 0.106. The van der Waals surface area contributed by atoms with Crippen molar-refractivity contribution in [3.63, 3.8) is 0 Å². The maximum Gasteiger partial charge on any atom is 0.238 e. The van der Waals surface area contributed by atoms with Crippen molar-refractivity contribution < 1.29 is 14.3 Å². The fraction of sp³-hybridized carbons (Fsp3) is 0.273. The summed E-state index contributed by atoms with van der Waals surface area (Å²) in [5, 5.41) is 0.367. The predicted molar refractivity (Wildman–Crippen MR) is 103 cm³/mol. The molecule has 4 atom stereocenters. The summed E-state index contributed by atoms with van der Waals surface area (Å²) < 4.78 is 5.82. The summed E-state index contributed by atoms with van der Waals surface area (Å²) in [6.45, 7) is 2.01. The minimum atomic E-state index is -0.213. The van der Waals surface area contributed by atoms with Crippen molar-refractivity contribution in [1.82, 2.24) is 0 Å². The third kappa shape index (κ3) is 2.51. The molecule has 0 unspecified atom stereocenters. The van der Waals surface area contributed by atoms with Gasteiger partial charge >= 0.3 is 0 Å². The lowest BCUT2D eigenvalue weighted by Crippen LogP contribution is -2.32. The van der Waals surface area contributed by atoms with Gasteiger partial charge in [0.15, 0.2) is 0 Å². The summed E-state index contributed by atoms with van der Waals surface area (Å²) in [6.07, 6.45) is 5.10. The molecular weight excluding hydrogens is 362 g/mol. The topological polar surface area (TPSA) is 46.6 Å². The van der Waals surface area contributed by atoms with Crippen LogP contribution in [0.15, 0.2) is 54.6 Å². The summed E-state index contributed by atoms with van der Waals surface area (Å²) in [4.78, 5) is 27.1. The van der Waals surface area contributed by atoms with Crippen LogP contribution in [-0.2, 0) is 9.59 Å². The van der Waals surface area contributed by atoms with Crippen LogP contribution in [0.3, 0.4) is 0 Å². The standard InChI is InChI=1S/C22H18ClNO3/c1-12-2-7-16(8-3-12)27-18-9-6-15(11-17(18)23)24-21(25)19-13-4-5-14(10-13)20(19)22(24)26/h2-9,11,13-14,19-20H,10H2,1H3/t13-,14-,19+,20+/m0/s1. The molecule has 1 saturated carbocycles. The number of amides is 2. The number of allylic oxidation sites excluding steroid dienone is 2. The van der Waals surface area contributed by atoms with Gasteiger partial charge in [0.25, 0.3) is 0 Å². The van der Waals surface area contributed by atoms with E-state index in [0.29, 0.717) is 22.2 Å². The molecule has 1 aliphatic heterocycles. The Labute approximate surface area is 162 Å². The van der Waals surface area contributed by atoms with Gasteiger partial charge in [-0.2, -0.15) is 0 Å². The van der Waals surface area contributed by atoms with E-state index >= 15 is 0 Å². The lowest BCUT2D eigenvalue weighted by Gasteiger charge is -2.18. The number of carbonyl (C=O) groups is 2. The van der Waals surface area contributed by atoms with E-state index in [4.69, 9.17) is 16.3 Å². The van der Waals surface area contributed by atoms with Gasteiger partial charge in [0.2, 0.25) is 11.8 Å². The van der Waals surface area contributed by atoms with E-state index in [1.54, 1.807) is 18.2 Å². The number of fused-ring (bicyclic) bond motifs is 5. The van der Waals surface area contributed by atoms with E-state index in [1.807, 2.05) is 31.2 Å². The molecule has 136 valence electrons. The summed E-state index contributed by atoms with van der Waals surface area (Å²) in [6, 6.07) is 12.7. The summed E-state index contributed by atoms with van der Waals surface area (Å²) in [5.41, 5.74) is 1.66. The Balaban J connectivity index is 1.42. The van der Waals surface area contributed by atoms with E-state index in [-0.39, 0.29) is 35.5 Å². The van der Waals surface area contributed by atoms with Crippen molar-refractivity contribution in [2.45, 2.75) is 13.3 Å². The van der Waals surface area contributed by atoms with Gasteiger partial charge in [0, 0.05) is 0 Å². The van der Waals surface area contributed by atoms with E-state index in [9.17, 15) is 9.59 Å². The highest BCUT2D eigenvalue weighted by atomic mass is 35.5. The van der Waals surface area contributed by atoms with Gasteiger partial charge in [0.1, 0.15) is 11.5 Å². The van der Waals surface area contributed by atoms with Crippen LogP contribution in [0.5, 0.6) is 11.5 Å². The maximum absolute atomic E-state index is 12.9. The van der Waals surface area contributed by atoms with Gasteiger partial charge in [-0.25, -0.2) is 4.90 Å². The molecule has 5 heteroatoms. The zero-order valence-electron chi connectivity index (χ0n) is 14.8. The number of nitrogens with zero attached hydrogens (tertiary/aromatic N) is 1. The fourth-order valence-electron chi connectivity index (χ4n) is 4.60. The van der Waals surface area contributed by atoms with Gasteiger partial charge in [-0.3, -0.25) is 9.59 Å². The Hall–Kier alpha value is -2.59. The Bertz CT molecular complexity index is 952. The number of aryl methyl sites for hydroxylation is 1. The summed E-state index contributed by atoms with van der Waals surface area (Å²) in [7, 11) is 0. The molecule has 1 saturated heterocycles. The van der Waals surface area contributed by atoms with Crippen molar-refractivity contribution in [2.75, 3.05) is 4.90 Å². The van der Waals surface area contributed by atoms with Crippen LogP contribution in [0.25, 0.3) is 0 Å². The van der Waals surface area contributed by atoms with Gasteiger partial charge in [-0.1, -0.05) is 41.4 Å². The third-order valence-electron chi connectivity index (χ3n) is 5.89. The van der Waals surface area contributed by atoms with Crippen LogP contribution in [0.1, 0.15) is 12.0 Å². The smallest absolute Gasteiger partial charge is 0.238 e. The third-order valence-corrected chi connectivity index (χ3v) is 6.19. The number of halogens is 1. The second-order valence-corrected chi connectivity index (χ2v) is 7.95. The normalized spacial score (nSPS) is 28.1. The van der Waals surface area contributed by atoms with E-state index in [1.165, 1.54) is 4.90 Å².